The topological polar surface area (TPSA) is 46.0 Å². The van der Waals surface area contributed by atoms with E-state index in [0.29, 0.717) is 11.7 Å². The highest BCUT2D eigenvalue weighted by molar-refractivity contribution is 5.12. The van der Waals surface area contributed by atoms with E-state index in [-0.39, 0.29) is 6.61 Å². The predicted molar refractivity (Wildman–Crippen MR) is 76.8 cm³/mol. The predicted octanol–water partition coefficient (Wildman–Crippen LogP) is 3.82. The fourth-order valence-electron chi connectivity index (χ4n) is 3.12. The van der Waals surface area contributed by atoms with Crippen LogP contribution in [0.3, 0.4) is 0 Å². The Morgan fingerprint density at radius 3 is 2.37 bits per heavy atom. The highest BCUT2D eigenvalue weighted by Crippen LogP contribution is 2.37. The van der Waals surface area contributed by atoms with Crippen molar-refractivity contribution in [3.8, 4) is 0 Å². The van der Waals surface area contributed by atoms with E-state index in [9.17, 15) is 0 Å². The fourth-order valence-corrected chi connectivity index (χ4v) is 3.12. The van der Waals surface area contributed by atoms with Crippen LogP contribution in [0.25, 0.3) is 0 Å². The maximum absolute atomic E-state index is 8.95. The molecule has 0 saturated heterocycles. The van der Waals surface area contributed by atoms with Gasteiger partial charge in [-0.1, -0.05) is 32.6 Å². The fraction of sp³-hybridized carbons (Fsp3) is 0.750. The molecule has 3 heteroatoms. The van der Waals surface area contributed by atoms with Crippen LogP contribution in [0.1, 0.15) is 75.6 Å². The highest BCUT2D eigenvalue weighted by atomic mass is 16.3. The van der Waals surface area contributed by atoms with Gasteiger partial charge in [-0.25, -0.2) is 9.97 Å². The van der Waals surface area contributed by atoms with Crippen molar-refractivity contribution in [2.24, 2.45) is 5.92 Å². The van der Waals surface area contributed by atoms with Crippen LogP contribution >= 0.6 is 0 Å². The number of aliphatic hydroxyl groups excluding tert-OH is 1. The molecule has 0 aromatic carbocycles. The number of rotatable bonds is 6. The number of aromatic nitrogens is 2. The first-order valence-corrected chi connectivity index (χ1v) is 7.75. The quantitative estimate of drug-likeness (QED) is 0.793. The molecule has 2 rings (SSSR count). The van der Waals surface area contributed by atoms with E-state index in [1.54, 1.807) is 0 Å². The summed E-state index contributed by atoms with van der Waals surface area (Å²) >= 11 is 0. The summed E-state index contributed by atoms with van der Waals surface area (Å²) in [6.45, 7) is 2.21. The largest absolute Gasteiger partial charge is 0.388 e. The molecule has 0 spiro atoms. The Morgan fingerprint density at radius 1 is 1.11 bits per heavy atom. The van der Waals surface area contributed by atoms with Crippen LogP contribution in [-0.2, 0) is 6.61 Å². The zero-order chi connectivity index (χ0) is 13.5. The van der Waals surface area contributed by atoms with Crippen LogP contribution < -0.4 is 0 Å². The zero-order valence-electron chi connectivity index (χ0n) is 12.0. The third-order valence-electron chi connectivity index (χ3n) is 4.40. The average Bonchev–Trinajstić information content (AvgIpc) is 2.48. The Kier molecular flexibility index (Phi) is 5.77. The lowest BCUT2D eigenvalue weighted by molar-refractivity contribution is 0.270. The lowest BCUT2D eigenvalue weighted by Gasteiger charge is -2.28. The van der Waals surface area contributed by atoms with E-state index in [4.69, 9.17) is 5.11 Å². The van der Waals surface area contributed by atoms with Gasteiger partial charge < -0.3 is 5.11 Å². The lowest BCUT2D eigenvalue weighted by Crippen LogP contribution is -2.14. The number of aliphatic hydroxyl groups is 1. The van der Waals surface area contributed by atoms with Gasteiger partial charge in [0.2, 0.25) is 0 Å². The molecule has 0 amide bonds. The van der Waals surface area contributed by atoms with Crippen LogP contribution in [0.15, 0.2) is 12.4 Å². The van der Waals surface area contributed by atoms with Crippen molar-refractivity contribution in [3.05, 3.63) is 23.8 Å². The maximum atomic E-state index is 8.95. The van der Waals surface area contributed by atoms with Gasteiger partial charge in [0, 0.05) is 12.4 Å². The summed E-state index contributed by atoms with van der Waals surface area (Å²) in [5.41, 5.74) is 1.25. The van der Waals surface area contributed by atoms with Crippen molar-refractivity contribution in [1.29, 1.82) is 0 Å². The van der Waals surface area contributed by atoms with Crippen LogP contribution in [0.4, 0.5) is 0 Å². The Hall–Kier alpha value is -0.960. The molecule has 1 aliphatic rings. The third kappa shape index (κ3) is 4.27. The minimum atomic E-state index is -0.0650. The van der Waals surface area contributed by atoms with E-state index in [0.717, 1.165) is 5.92 Å². The second kappa shape index (κ2) is 7.59. The Bertz CT molecular complexity index is 356. The molecule has 0 unspecified atom stereocenters. The Morgan fingerprint density at radius 2 is 1.79 bits per heavy atom. The van der Waals surface area contributed by atoms with Crippen molar-refractivity contribution >= 4 is 0 Å². The molecule has 0 radical (unpaired) electrons. The molecular weight excluding hydrogens is 236 g/mol. The second-order valence-corrected chi connectivity index (χ2v) is 5.80. The third-order valence-corrected chi connectivity index (χ3v) is 4.40. The molecule has 1 saturated carbocycles. The van der Waals surface area contributed by atoms with Gasteiger partial charge in [0.25, 0.3) is 0 Å². The van der Waals surface area contributed by atoms with Gasteiger partial charge in [-0.15, -0.1) is 0 Å². The van der Waals surface area contributed by atoms with E-state index in [1.165, 1.54) is 56.9 Å². The van der Waals surface area contributed by atoms with Crippen molar-refractivity contribution in [2.75, 3.05) is 0 Å². The van der Waals surface area contributed by atoms with Crippen molar-refractivity contribution in [2.45, 2.75) is 70.8 Å². The molecule has 0 bridgehead atoms. The Balaban J connectivity index is 1.78. The lowest BCUT2D eigenvalue weighted by atomic mass is 9.77. The molecule has 1 fully saturated rings. The van der Waals surface area contributed by atoms with Gasteiger partial charge in [-0.3, -0.25) is 0 Å². The van der Waals surface area contributed by atoms with E-state index in [2.05, 4.69) is 16.9 Å². The summed E-state index contributed by atoms with van der Waals surface area (Å²) in [7, 11) is 0. The summed E-state index contributed by atoms with van der Waals surface area (Å²) in [5, 5.41) is 8.95. The molecule has 0 atom stereocenters. The second-order valence-electron chi connectivity index (χ2n) is 5.80. The molecule has 1 aromatic heterocycles. The normalized spacial score (nSPS) is 23.5. The first kappa shape index (κ1) is 14.4. The molecule has 0 aliphatic heterocycles. The van der Waals surface area contributed by atoms with Gasteiger partial charge in [-0.05, 0) is 43.1 Å². The maximum Gasteiger partial charge on any atom is 0.153 e. The monoisotopic (exact) mass is 262 g/mol. The van der Waals surface area contributed by atoms with Crippen LogP contribution in [0.2, 0.25) is 0 Å². The molecule has 19 heavy (non-hydrogen) atoms. The SMILES string of the molecule is CCCCC[C@H]1CC[C@H](c2cnc(CO)nc2)CC1. The zero-order valence-corrected chi connectivity index (χ0v) is 12.0. The summed E-state index contributed by atoms with van der Waals surface area (Å²) in [5.74, 6) is 2.10. The summed E-state index contributed by atoms with van der Waals surface area (Å²) in [4.78, 5) is 8.38. The van der Waals surface area contributed by atoms with Gasteiger partial charge in [0.1, 0.15) is 6.61 Å². The standard InChI is InChI=1S/C16H26N2O/c1-2-3-4-5-13-6-8-14(9-7-13)15-10-17-16(12-19)18-11-15/h10-11,13-14,19H,2-9,12H2,1H3/t13-,14-. The first-order chi connectivity index (χ1) is 9.33. The van der Waals surface area contributed by atoms with Crippen LogP contribution in [0, 0.1) is 5.92 Å². The number of hydrogen-bond donors (Lipinski definition) is 1. The van der Waals surface area contributed by atoms with Gasteiger partial charge in [-0.2, -0.15) is 0 Å². The number of nitrogens with zero attached hydrogens (tertiary/aromatic N) is 2. The average molecular weight is 262 g/mol. The summed E-state index contributed by atoms with van der Waals surface area (Å²) < 4.78 is 0. The molecular formula is C16H26N2O. The van der Waals surface area contributed by atoms with E-state index >= 15 is 0 Å². The van der Waals surface area contributed by atoms with E-state index in [1.807, 2.05) is 12.4 Å². The van der Waals surface area contributed by atoms with Crippen molar-refractivity contribution in [3.63, 3.8) is 0 Å². The molecule has 1 aromatic rings. The Labute approximate surface area is 116 Å². The molecule has 1 aliphatic carbocycles. The minimum absolute atomic E-state index is 0.0650. The van der Waals surface area contributed by atoms with Gasteiger partial charge >= 0.3 is 0 Å². The van der Waals surface area contributed by atoms with Gasteiger partial charge in [0.15, 0.2) is 5.82 Å². The van der Waals surface area contributed by atoms with Crippen LogP contribution in [-0.4, -0.2) is 15.1 Å². The highest BCUT2D eigenvalue weighted by Gasteiger charge is 2.22. The summed E-state index contributed by atoms with van der Waals surface area (Å²) in [6.07, 6.45) is 14.6. The van der Waals surface area contributed by atoms with Crippen molar-refractivity contribution in [1.82, 2.24) is 9.97 Å². The smallest absolute Gasteiger partial charge is 0.153 e. The van der Waals surface area contributed by atoms with Crippen molar-refractivity contribution < 1.29 is 5.11 Å². The molecule has 1 N–H and O–H groups in total. The first-order valence-electron chi connectivity index (χ1n) is 7.75. The summed E-state index contributed by atoms with van der Waals surface area (Å²) in [6, 6.07) is 0. The molecule has 1 heterocycles. The number of unbranched alkanes of at least 4 members (excludes halogenated alkanes) is 2. The van der Waals surface area contributed by atoms with E-state index < -0.39 is 0 Å². The number of hydrogen-bond acceptors (Lipinski definition) is 3. The minimum Gasteiger partial charge on any atom is -0.388 e. The van der Waals surface area contributed by atoms with Crippen LogP contribution in [0.5, 0.6) is 0 Å². The molecule has 3 nitrogen and oxygen atoms in total. The van der Waals surface area contributed by atoms with Gasteiger partial charge in [0.05, 0.1) is 0 Å². The molecule has 106 valence electrons.